The molecule has 0 N–H and O–H groups in total. The lowest BCUT2D eigenvalue weighted by Gasteiger charge is -2.04. The van der Waals surface area contributed by atoms with E-state index in [1.165, 1.54) is 6.92 Å². The van der Waals surface area contributed by atoms with E-state index in [4.69, 9.17) is 0 Å². The Kier molecular flexibility index (Phi) is 2.87. The first kappa shape index (κ1) is 10.4. The van der Waals surface area contributed by atoms with Crippen LogP contribution in [0.2, 0.25) is 0 Å². The number of hydrogen-bond donors (Lipinski definition) is 0. The molecular weight excluding hydrogens is 308 g/mol. The standard InChI is InChI=1S/C6H4Br2N2O3/c1-3-6(8)4(10(12)13)2-5(7)9(3)11/h2H,1H3. The van der Waals surface area contributed by atoms with Crippen LogP contribution in [0.15, 0.2) is 15.1 Å². The van der Waals surface area contributed by atoms with Crippen molar-refractivity contribution >= 4 is 37.5 Å². The first-order valence-electron chi connectivity index (χ1n) is 3.17. The molecule has 0 saturated carbocycles. The molecule has 0 spiro atoms. The highest BCUT2D eigenvalue weighted by atomic mass is 79.9. The summed E-state index contributed by atoms with van der Waals surface area (Å²) in [5, 5.41) is 21.7. The van der Waals surface area contributed by atoms with E-state index < -0.39 is 4.92 Å². The Balaban J connectivity index is 3.50. The van der Waals surface area contributed by atoms with E-state index in [1.807, 2.05) is 0 Å². The van der Waals surface area contributed by atoms with Gasteiger partial charge in [-0.2, -0.15) is 4.73 Å². The molecule has 1 rings (SSSR count). The van der Waals surface area contributed by atoms with Crippen molar-refractivity contribution in [1.29, 1.82) is 0 Å². The Morgan fingerprint density at radius 1 is 1.54 bits per heavy atom. The van der Waals surface area contributed by atoms with Gasteiger partial charge < -0.3 is 5.21 Å². The summed E-state index contributed by atoms with van der Waals surface area (Å²) in [7, 11) is 0. The molecule has 1 heterocycles. The summed E-state index contributed by atoms with van der Waals surface area (Å²) in [6, 6.07) is 1.16. The summed E-state index contributed by atoms with van der Waals surface area (Å²) in [6.07, 6.45) is 0. The summed E-state index contributed by atoms with van der Waals surface area (Å²) in [5.41, 5.74) is 0.123. The van der Waals surface area contributed by atoms with E-state index >= 15 is 0 Å². The number of nitro groups is 1. The normalized spacial score (nSPS) is 10.1. The molecule has 13 heavy (non-hydrogen) atoms. The van der Waals surface area contributed by atoms with Gasteiger partial charge in [-0.05, 0) is 15.9 Å². The van der Waals surface area contributed by atoms with Crippen LogP contribution >= 0.6 is 31.9 Å². The van der Waals surface area contributed by atoms with Crippen LogP contribution in [0.3, 0.4) is 0 Å². The fourth-order valence-corrected chi connectivity index (χ4v) is 1.71. The van der Waals surface area contributed by atoms with Gasteiger partial charge in [-0.1, -0.05) is 0 Å². The molecule has 1 aromatic heterocycles. The molecule has 0 radical (unpaired) electrons. The summed E-state index contributed by atoms with van der Waals surface area (Å²) < 4.78 is 0.896. The average molecular weight is 312 g/mol. The van der Waals surface area contributed by atoms with Gasteiger partial charge in [-0.25, -0.2) is 0 Å². The van der Waals surface area contributed by atoms with Crippen LogP contribution in [0.1, 0.15) is 5.69 Å². The molecule has 0 fully saturated rings. The number of rotatable bonds is 1. The van der Waals surface area contributed by atoms with Gasteiger partial charge in [0.15, 0.2) is 4.47 Å². The molecule has 1 aromatic rings. The first-order valence-corrected chi connectivity index (χ1v) is 4.76. The third kappa shape index (κ3) is 1.80. The van der Waals surface area contributed by atoms with Crippen LogP contribution in [0, 0.1) is 22.2 Å². The first-order chi connectivity index (χ1) is 5.95. The summed E-state index contributed by atoms with van der Waals surface area (Å²) >= 11 is 5.91. The van der Waals surface area contributed by atoms with Crippen molar-refractivity contribution in [2.75, 3.05) is 0 Å². The van der Waals surface area contributed by atoms with Crippen molar-refractivity contribution in [3.8, 4) is 0 Å². The van der Waals surface area contributed by atoms with Gasteiger partial charge >= 0.3 is 0 Å². The molecule has 0 bridgehead atoms. The van der Waals surface area contributed by atoms with Crippen LogP contribution in [0.25, 0.3) is 0 Å². The monoisotopic (exact) mass is 310 g/mol. The maximum atomic E-state index is 11.2. The molecular formula is C6H4Br2N2O3. The third-order valence-corrected chi connectivity index (χ3v) is 3.02. The van der Waals surface area contributed by atoms with E-state index in [1.54, 1.807) is 0 Å². The van der Waals surface area contributed by atoms with Gasteiger partial charge in [0.05, 0.1) is 11.0 Å². The minimum absolute atomic E-state index is 0.125. The van der Waals surface area contributed by atoms with Gasteiger partial charge in [0.25, 0.3) is 10.3 Å². The van der Waals surface area contributed by atoms with Crippen LogP contribution in [-0.2, 0) is 0 Å². The Hall–Kier alpha value is -0.690. The zero-order valence-electron chi connectivity index (χ0n) is 6.45. The van der Waals surface area contributed by atoms with Crippen LogP contribution < -0.4 is 4.73 Å². The molecule has 7 heteroatoms. The molecule has 70 valence electrons. The largest absolute Gasteiger partial charge is 0.618 e. The molecule has 0 aliphatic heterocycles. The third-order valence-electron chi connectivity index (χ3n) is 1.49. The maximum Gasteiger partial charge on any atom is 0.297 e. The van der Waals surface area contributed by atoms with Crippen molar-refractivity contribution in [3.05, 3.63) is 36.2 Å². The summed E-state index contributed by atoms with van der Waals surface area (Å²) in [4.78, 5) is 9.93. The van der Waals surface area contributed by atoms with Gasteiger partial charge in [0, 0.05) is 22.9 Å². The predicted molar refractivity (Wildman–Crippen MR) is 52.2 cm³/mol. The Morgan fingerprint density at radius 3 is 2.54 bits per heavy atom. The Labute approximate surface area is 90.4 Å². The van der Waals surface area contributed by atoms with E-state index in [0.717, 1.165) is 6.07 Å². The van der Waals surface area contributed by atoms with Gasteiger partial charge in [-0.3, -0.25) is 10.1 Å². The van der Waals surface area contributed by atoms with Gasteiger partial charge in [0.1, 0.15) is 0 Å². The number of aromatic nitrogens is 1. The van der Waals surface area contributed by atoms with E-state index in [9.17, 15) is 15.3 Å². The molecule has 0 atom stereocenters. The van der Waals surface area contributed by atoms with Crippen molar-refractivity contribution in [2.24, 2.45) is 0 Å². The number of nitrogens with zero attached hydrogens (tertiary/aromatic N) is 2. The van der Waals surface area contributed by atoms with Crippen molar-refractivity contribution in [1.82, 2.24) is 0 Å². The highest BCUT2D eigenvalue weighted by Gasteiger charge is 2.22. The fraction of sp³-hybridized carbons (Fsp3) is 0.167. The molecule has 0 aliphatic carbocycles. The number of pyridine rings is 1. The topological polar surface area (TPSA) is 70.1 Å². The van der Waals surface area contributed by atoms with Crippen molar-refractivity contribution in [3.63, 3.8) is 0 Å². The van der Waals surface area contributed by atoms with Crippen molar-refractivity contribution in [2.45, 2.75) is 6.92 Å². The quantitative estimate of drug-likeness (QED) is 0.262. The SMILES string of the molecule is Cc1c(Br)c([N+](=O)[O-])cc(Br)[n+]1[O-]. The lowest BCUT2D eigenvalue weighted by molar-refractivity contribution is -0.625. The lowest BCUT2D eigenvalue weighted by atomic mass is 10.3. The Bertz CT molecular complexity index is 381. The minimum Gasteiger partial charge on any atom is -0.618 e. The zero-order chi connectivity index (χ0) is 10.2. The number of hydrogen-bond acceptors (Lipinski definition) is 3. The van der Waals surface area contributed by atoms with Crippen molar-refractivity contribution < 1.29 is 9.65 Å². The summed E-state index contributed by atoms with van der Waals surface area (Å²) in [5.74, 6) is 0. The second-order valence-corrected chi connectivity index (χ2v) is 3.91. The van der Waals surface area contributed by atoms with Crippen LogP contribution in [0.4, 0.5) is 5.69 Å². The smallest absolute Gasteiger partial charge is 0.297 e. The summed E-state index contributed by atoms with van der Waals surface area (Å²) in [6.45, 7) is 1.49. The predicted octanol–water partition coefficient (Wildman–Crippen LogP) is 2.06. The fourth-order valence-electron chi connectivity index (χ4n) is 0.802. The second kappa shape index (κ2) is 3.59. The zero-order valence-corrected chi connectivity index (χ0v) is 9.62. The molecule has 0 saturated heterocycles. The molecule has 0 amide bonds. The van der Waals surface area contributed by atoms with E-state index in [-0.39, 0.29) is 20.5 Å². The maximum absolute atomic E-state index is 11.2. The molecule has 5 nitrogen and oxygen atoms in total. The molecule has 0 aromatic carbocycles. The number of halogens is 2. The van der Waals surface area contributed by atoms with E-state index in [2.05, 4.69) is 31.9 Å². The second-order valence-electron chi connectivity index (χ2n) is 2.30. The minimum atomic E-state index is -0.554. The lowest BCUT2D eigenvalue weighted by Crippen LogP contribution is -2.32. The van der Waals surface area contributed by atoms with Crippen LogP contribution in [-0.4, -0.2) is 4.92 Å². The average Bonchev–Trinajstić information content (AvgIpc) is 2.07. The van der Waals surface area contributed by atoms with E-state index in [0.29, 0.717) is 4.73 Å². The molecule has 0 aliphatic rings. The highest BCUT2D eigenvalue weighted by molar-refractivity contribution is 9.11. The highest BCUT2D eigenvalue weighted by Crippen LogP contribution is 2.28. The molecule has 0 unspecified atom stereocenters. The van der Waals surface area contributed by atoms with Gasteiger partial charge in [-0.15, -0.1) is 0 Å². The van der Waals surface area contributed by atoms with Crippen LogP contribution in [0.5, 0.6) is 0 Å². The van der Waals surface area contributed by atoms with Gasteiger partial charge in [0.2, 0.25) is 5.69 Å². The Morgan fingerprint density at radius 2 is 2.08 bits per heavy atom.